The molecule has 1 saturated heterocycles. The molecule has 2 aliphatic rings. The number of sulfone groups is 1. The molecule has 24 heavy (non-hydrogen) atoms. The lowest BCUT2D eigenvalue weighted by molar-refractivity contribution is 0.0821. The second kappa shape index (κ2) is 6.31. The van der Waals surface area contributed by atoms with Gasteiger partial charge in [0.25, 0.3) is 0 Å². The van der Waals surface area contributed by atoms with Crippen LogP contribution in [0.3, 0.4) is 0 Å². The van der Waals surface area contributed by atoms with Crippen LogP contribution in [0.5, 0.6) is 0 Å². The summed E-state index contributed by atoms with van der Waals surface area (Å²) in [4.78, 5) is 6.64. The van der Waals surface area contributed by atoms with Crippen LogP contribution < -0.4 is 0 Å². The molecule has 0 unspecified atom stereocenters. The number of imidazole rings is 1. The molecule has 0 bridgehead atoms. The van der Waals surface area contributed by atoms with Crippen molar-refractivity contribution in [3.8, 4) is 11.3 Å². The number of aromatic nitrogens is 2. The lowest BCUT2D eigenvalue weighted by atomic mass is 10.1. The van der Waals surface area contributed by atoms with Crippen LogP contribution in [0.1, 0.15) is 11.4 Å². The van der Waals surface area contributed by atoms with Gasteiger partial charge >= 0.3 is 0 Å². The highest BCUT2D eigenvalue weighted by atomic mass is 32.2. The highest BCUT2D eigenvalue weighted by molar-refractivity contribution is 7.91. The molecule has 0 radical (unpaired) electrons. The predicted molar refractivity (Wildman–Crippen MR) is 91.2 cm³/mol. The normalized spacial score (nSPS) is 20.7. The lowest BCUT2D eigenvalue weighted by Crippen LogP contribution is -2.39. The molecule has 0 N–H and O–H groups in total. The van der Waals surface area contributed by atoms with Crippen LogP contribution in [-0.4, -0.2) is 54.1 Å². The van der Waals surface area contributed by atoms with Gasteiger partial charge in [-0.15, -0.1) is 0 Å². The Morgan fingerprint density at radius 3 is 2.58 bits per heavy atom. The molecule has 7 heteroatoms. The first-order valence-corrected chi connectivity index (χ1v) is 10.1. The minimum atomic E-state index is -2.81. The van der Waals surface area contributed by atoms with Gasteiger partial charge in [0.2, 0.25) is 0 Å². The van der Waals surface area contributed by atoms with Gasteiger partial charge in [-0.05, 0) is 11.1 Å². The van der Waals surface area contributed by atoms with Crippen LogP contribution in [0.15, 0.2) is 30.5 Å². The fraction of sp³-hybridized carbons (Fsp3) is 0.471. The zero-order valence-electron chi connectivity index (χ0n) is 13.5. The van der Waals surface area contributed by atoms with E-state index in [0.29, 0.717) is 19.7 Å². The zero-order valence-corrected chi connectivity index (χ0v) is 14.3. The third kappa shape index (κ3) is 3.24. The Balaban J connectivity index is 1.46. The molecule has 1 fully saturated rings. The lowest BCUT2D eigenvalue weighted by Gasteiger charge is -2.26. The van der Waals surface area contributed by atoms with E-state index in [1.165, 1.54) is 5.56 Å². The van der Waals surface area contributed by atoms with Crippen LogP contribution in [0.2, 0.25) is 0 Å². The van der Waals surface area contributed by atoms with E-state index in [1.54, 1.807) is 0 Å². The molecule has 6 nitrogen and oxygen atoms in total. The average molecular weight is 347 g/mol. The maximum Gasteiger partial charge on any atom is 0.152 e. The summed E-state index contributed by atoms with van der Waals surface area (Å²) in [5.74, 6) is 1.53. The fourth-order valence-corrected chi connectivity index (χ4v) is 4.55. The Hall–Kier alpha value is -1.70. The molecule has 3 heterocycles. The first-order valence-electron chi connectivity index (χ1n) is 8.25. The van der Waals surface area contributed by atoms with Crippen LogP contribution in [0, 0.1) is 0 Å². The van der Waals surface area contributed by atoms with E-state index in [9.17, 15) is 8.42 Å². The average Bonchev–Trinajstić information content (AvgIpc) is 3.02. The summed E-state index contributed by atoms with van der Waals surface area (Å²) in [5, 5.41) is 0. The van der Waals surface area contributed by atoms with Crippen LogP contribution >= 0.6 is 0 Å². The van der Waals surface area contributed by atoms with Gasteiger partial charge in [-0.2, -0.15) is 0 Å². The number of benzene rings is 1. The van der Waals surface area contributed by atoms with E-state index in [0.717, 1.165) is 36.8 Å². The number of hydrogen-bond acceptors (Lipinski definition) is 5. The van der Waals surface area contributed by atoms with E-state index in [4.69, 9.17) is 4.74 Å². The number of nitrogens with zero attached hydrogens (tertiary/aromatic N) is 3. The Labute approximate surface area is 142 Å². The zero-order chi connectivity index (χ0) is 16.6. The molecule has 0 saturated carbocycles. The Kier molecular flexibility index (Phi) is 4.15. The second-order valence-corrected chi connectivity index (χ2v) is 8.69. The van der Waals surface area contributed by atoms with Gasteiger partial charge in [0.1, 0.15) is 12.4 Å². The Morgan fingerprint density at radius 2 is 1.83 bits per heavy atom. The molecule has 0 atom stereocenters. The van der Waals surface area contributed by atoms with Crippen molar-refractivity contribution < 1.29 is 13.2 Å². The van der Waals surface area contributed by atoms with Crippen molar-refractivity contribution in [3.05, 3.63) is 41.9 Å². The predicted octanol–water partition coefficient (Wildman–Crippen LogP) is 1.31. The SMILES string of the molecule is O=S1(=O)CCN(Cc2ccc(-c3cnc4n3CCOC4)cc2)CC1. The third-order valence-electron chi connectivity index (χ3n) is 4.72. The first kappa shape index (κ1) is 15.8. The van der Waals surface area contributed by atoms with E-state index in [1.807, 2.05) is 6.20 Å². The van der Waals surface area contributed by atoms with Crippen LogP contribution in [0.25, 0.3) is 11.3 Å². The smallest absolute Gasteiger partial charge is 0.152 e. The van der Waals surface area contributed by atoms with Crippen molar-refractivity contribution in [1.29, 1.82) is 0 Å². The number of hydrogen-bond donors (Lipinski definition) is 0. The van der Waals surface area contributed by atoms with Crippen LogP contribution in [-0.2, 0) is 34.3 Å². The van der Waals surface area contributed by atoms with Crippen molar-refractivity contribution in [3.63, 3.8) is 0 Å². The Bertz CT molecular complexity index is 813. The van der Waals surface area contributed by atoms with E-state index in [2.05, 4.69) is 38.7 Å². The van der Waals surface area contributed by atoms with Crippen LogP contribution in [0.4, 0.5) is 0 Å². The monoisotopic (exact) mass is 347 g/mol. The quantitative estimate of drug-likeness (QED) is 0.838. The van der Waals surface area contributed by atoms with E-state index in [-0.39, 0.29) is 11.5 Å². The maximum atomic E-state index is 11.5. The van der Waals surface area contributed by atoms with Gasteiger partial charge in [-0.3, -0.25) is 4.90 Å². The summed E-state index contributed by atoms with van der Waals surface area (Å²) in [7, 11) is -2.81. The van der Waals surface area contributed by atoms with Gasteiger partial charge in [0.15, 0.2) is 9.84 Å². The second-order valence-electron chi connectivity index (χ2n) is 6.39. The molecule has 0 amide bonds. The van der Waals surface area contributed by atoms with Gasteiger partial charge in [-0.25, -0.2) is 13.4 Å². The molecule has 4 rings (SSSR count). The van der Waals surface area contributed by atoms with Gasteiger partial charge in [0, 0.05) is 26.2 Å². The molecule has 0 spiro atoms. The minimum Gasteiger partial charge on any atom is -0.372 e. The molecular weight excluding hydrogens is 326 g/mol. The molecular formula is C17H21N3O3S. The van der Waals surface area contributed by atoms with Crippen molar-refractivity contribution in [1.82, 2.24) is 14.5 Å². The van der Waals surface area contributed by atoms with Crippen molar-refractivity contribution in [2.75, 3.05) is 31.2 Å². The minimum absolute atomic E-state index is 0.273. The number of ether oxygens (including phenoxy) is 1. The highest BCUT2D eigenvalue weighted by Crippen LogP contribution is 2.24. The molecule has 2 aliphatic heterocycles. The van der Waals surface area contributed by atoms with Crippen molar-refractivity contribution in [2.45, 2.75) is 19.7 Å². The van der Waals surface area contributed by atoms with Crippen molar-refractivity contribution in [2.24, 2.45) is 0 Å². The third-order valence-corrected chi connectivity index (χ3v) is 6.33. The molecule has 128 valence electrons. The topological polar surface area (TPSA) is 64.4 Å². The van der Waals surface area contributed by atoms with Gasteiger partial charge in [-0.1, -0.05) is 24.3 Å². The molecule has 1 aromatic carbocycles. The molecule has 0 aliphatic carbocycles. The standard InChI is InChI=1S/C17H21N3O3S/c21-24(22)9-6-19(7-10-24)12-14-1-3-15(4-2-14)16-11-18-17-13-23-8-5-20(16)17/h1-4,11H,5-10,12-13H2. The first-order chi connectivity index (χ1) is 11.6. The summed E-state index contributed by atoms with van der Waals surface area (Å²) in [5.41, 5.74) is 3.49. The van der Waals surface area contributed by atoms with Crippen molar-refractivity contribution >= 4 is 9.84 Å². The molecule has 1 aromatic heterocycles. The largest absolute Gasteiger partial charge is 0.372 e. The molecule has 2 aromatic rings. The number of fused-ring (bicyclic) bond motifs is 1. The van der Waals surface area contributed by atoms with Gasteiger partial charge < -0.3 is 9.30 Å². The summed E-state index contributed by atoms with van der Waals surface area (Å²) >= 11 is 0. The number of rotatable bonds is 3. The highest BCUT2D eigenvalue weighted by Gasteiger charge is 2.21. The van der Waals surface area contributed by atoms with E-state index < -0.39 is 9.84 Å². The van der Waals surface area contributed by atoms with E-state index >= 15 is 0 Å². The summed E-state index contributed by atoms with van der Waals surface area (Å²) in [6, 6.07) is 8.49. The fourth-order valence-electron chi connectivity index (χ4n) is 3.28. The summed E-state index contributed by atoms with van der Waals surface area (Å²) in [6.45, 7) is 4.20. The Morgan fingerprint density at radius 1 is 1.08 bits per heavy atom. The summed E-state index contributed by atoms with van der Waals surface area (Å²) < 4.78 is 30.6. The maximum absolute atomic E-state index is 11.5. The summed E-state index contributed by atoms with van der Waals surface area (Å²) in [6.07, 6.45) is 1.91. The van der Waals surface area contributed by atoms with Gasteiger partial charge in [0.05, 0.1) is 30.0 Å².